The van der Waals surface area contributed by atoms with E-state index in [2.05, 4.69) is 15.7 Å². The van der Waals surface area contributed by atoms with Gasteiger partial charge in [0.15, 0.2) is 17.9 Å². The maximum atomic E-state index is 14.1. The van der Waals surface area contributed by atoms with Gasteiger partial charge in [-0.2, -0.15) is 9.81 Å². The Morgan fingerprint density at radius 2 is 2.19 bits per heavy atom. The van der Waals surface area contributed by atoms with Crippen molar-refractivity contribution in [3.63, 3.8) is 0 Å². The molecule has 4 atom stereocenters. The zero-order valence-corrected chi connectivity index (χ0v) is 8.84. The maximum absolute atomic E-state index is 14.1. The van der Waals surface area contributed by atoms with E-state index >= 15 is 0 Å². The number of hydrogen-bond donors (Lipinski definition) is 1. The Hall–Kier alpha value is -1.44. The molecule has 0 saturated carbocycles. The van der Waals surface area contributed by atoms with Crippen LogP contribution in [0.15, 0.2) is 10.4 Å². The zero-order chi connectivity index (χ0) is 12.3. The molecule has 1 saturated heterocycles. The summed E-state index contributed by atoms with van der Waals surface area (Å²) in [5.74, 6) is -0.502. The van der Waals surface area contributed by atoms with Gasteiger partial charge in [0.25, 0.3) is 0 Å². The Balaban J connectivity index is 2.86. The fraction of sp³-hybridized carbons (Fsp3) is 0.875. The number of carbonyl (C=O) groups excluding carboxylic acids is 1. The number of ether oxygens (including phenoxy) is 1. The summed E-state index contributed by atoms with van der Waals surface area (Å²) in [7, 11) is 0. The van der Waals surface area contributed by atoms with Crippen LogP contribution in [0.2, 0.25) is 0 Å². The second kappa shape index (κ2) is 4.60. The molecule has 0 aliphatic carbocycles. The fourth-order valence-electron chi connectivity index (χ4n) is 1.65. The number of nitrogens with one attached hydrogen (secondary N) is 1. The van der Waals surface area contributed by atoms with E-state index in [9.17, 15) is 19.0 Å². The summed E-state index contributed by atoms with van der Waals surface area (Å²) in [6.45, 7) is 1.89. The molecule has 1 amide bonds. The van der Waals surface area contributed by atoms with E-state index in [1.165, 1.54) is 6.92 Å². The van der Waals surface area contributed by atoms with Crippen molar-refractivity contribution in [1.29, 1.82) is 0 Å². The van der Waals surface area contributed by atoms with Crippen LogP contribution >= 0.6 is 0 Å². The summed E-state index contributed by atoms with van der Waals surface area (Å²) in [4.78, 5) is 31.4. The first kappa shape index (κ1) is 12.6. The van der Waals surface area contributed by atoms with Gasteiger partial charge in [-0.25, -0.2) is 4.39 Å². The van der Waals surface area contributed by atoms with E-state index in [0.717, 1.165) is 6.92 Å². The van der Waals surface area contributed by atoms with Crippen LogP contribution in [0.25, 0.3) is 0 Å². The molecule has 0 bridgehead atoms. The Labute approximate surface area is 90.7 Å². The average molecular weight is 233 g/mol. The van der Waals surface area contributed by atoms with Crippen molar-refractivity contribution in [3.05, 3.63) is 9.81 Å². The third-order valence-electron chi connectivity index (χ3n) is 2.46. The highest BCUT2D eigenvalue weighted by Gasteiger charge is 2.56. The number of halogens is 1. The van der Waals surface area contributed by atoms with Crippen molar-refractivity contribution in [3.8, 4) is 0 Å². The number of nitroso groups, excluding NO2 is 2. The summed E-state index contributed by atoms with van der Waals surface area (Å²) in [5, 5.41) is 7.35. The van der Waals surface area contributed by atoms with E-state index in [0.29, 0.717) is 0 Å². The summed E-state index contributed by atoms with van der Waals surface area (Å²) >= 11 is 0. The lowest BCUT2D eigenvalue weighted by Crippen LogP contribution is -2.48. The molecular weight excluding hydrogens is 221 g/mol. The van der Waals surface area contributed by atoms with Crippen LogP contribution in [-0.2, 0) is 9.53 Å². The van der Waals surface area contributed by atoms with E-state index in [1.54, 1.807) is 0 Å². The van der Waals surface area contributed by atoms with E-state index < -0.39 is 29.9 Å². The zero-order valence-electron chi connectivity index (χ0n) is 8.84. The highest BCUT2D eigenvalue weighted by Crippen LogP contribution is 2.35. The number of nitrogens with zero attached hydrogens (tertiary/aromatic N) is 2. The number of hydrogen-bond acceptors (Lipinski definition) is 6. The highest BCUT2D eigenvalue weighted by atomic mass is 19.1. The fourth-order valence-corrected chi connectivity index (χ4v) is 1.65. The lowest BCUT2D eigenvalue weighted by Gasteiger charge is -2.22. The highest BCUT2D eigenvalue weighted by molar-refractivity contribution is 5.73. The topological polar surface area (TPSA) is 97.2 Å². The van der Waals surface area contributed by atoms with Crippen LogP contribution in [0.5, 0.6) is 0 Å². The predicted octanol–water partition coefficient (Wildman–Crippen LogP) is 0.477. The van der Waals surface area contributed by atoms with E-state index in [1.807, 2.05) is 0 Å². The Morgan fingerprint density at radius 3 is 2.62 bits per heavy atom. The van der Waals surface area contributed by atoms with Crippen molar-refractivity contribution >= 4 is 5.91 Å². The van der Waals surface area contributed by atoms with Gasteiger partial charge in [-0.1, -0.05) is 10.4 Å². The third kappa shape index (κ3) is 2.21. The molecule has 1 fully saturated rings. The quantitative estimate of drug-likeness (QED) is 0.714. The minimum absolute atomic E-state index is 0.383. The molecule has 0 spiro atoms. The second-order valence-corrected chi connectivity index (χ2v) is 3.77. The number of amides is 1. The smallest absolute Gasteiger partial charge is 0.218 e. The van der Waals surface area contributed by atoms with Gasteiger partial charge in [0, 0.05) is 6.92 Å². The molecule has 16 heavy (non-hydrogen) atoms. The first-order valence-electron chi connectivity index (χ1n) is 4.66. The van der Waals surface area contributed by atoms with Gasteiger partial charge < -0.3 is 10.1 Å². The summed E-state index contributed by atoms with van der Waals surface area (Å²) in [5.41, 5.74) is -2.15. The van der Waals surface area contributed by atoms with Crippen LogP contribution < -0.4 is 5.32 Å². The standard InChI is InChI=1S/C8H12FN3O4/c1-4(13)11-7-8(2,9)6(12-15)5(16-7)3-10-14/h5-7H,3H2,1-2H3,(H,11,13). The number of alkyl halides is 1. The van der Waals surface area contributed by atoms with Crippen LogP contribution in [0.3, 0.4) is 0 Å². The van der Waals surface area contributed by atoms with Gasteiger partial charge in [-0.15, -0.1) is 0 Å². The normalized spacial score (nSPS) is 38.1. The third-order valence-corrected chi connectivity index (χ3v) is 2.46. The number of carbonyl (C=O) groups is 1. The summed E-state index contributed by atoms with van der Waals surface area (Å²) in [6.07, 6.45) is -2.33. The summed E-state index contributed by atoms with van der Waals surface area (Å²) in [6, 6.07) is -1.36. The lowest BCUT2D eigenvalue weighted by molar-refractivity contribution is -0.125. The Bertz CT molecular complexity index is 310. The second-order valence-electron chi connectivity index (χ2n) is 3.77. The molecular formula is C8H12FN3O4. The predicted molar refractivity (Wildman–Crippen MR) is 52.2 cm³/mol. The molecule has 1 rings (SSSR count). The minimum atomic E-state index is -2.15. The molecule has 8 heteroatoms. The van der Waals surface area contributed by atoms with Crippen molar-refractivity contribution < 1.29 is 13.9 Å². The molecule has 0 radical (unpaired) electrons. The molecule has 1 heterocycles. The monoisotopic (exact) mass is 233 g/mol. The van der Waals surface area contributed by atoms with Crippen molar-refractivity contribution in [2.24, 2.45) is 10.4 Å². The molecule has 1 aliphatic heterocycles. The minimum Gasteiger partial charge on any atom is -0.347 e. The van der Waals surface area contributed by atoms with E-state index in [-0.39, 0.29) is 6.54 Å². The van der Waals surface area contributed by atoms with Crippen molar-refractivity contribution in [2.45, 2.75) is 37.9 Å². The van der Waals surface area contributed by atoms with Crippen molar-refractivity contribution in [2.75, 3.05) is 6.54 Å². The molecule has 0 aromatic rings. The average Bonchev–Trinajstić information content (AvgIpc) is 2.38. The first-order valence-corrected chi connectivity index (χ1v) is 4.66. The van der Waals surface area contributed by atoms with Gasteiger partial charge in [0.2, 0.25) is 5.91 Å². The van der Waals surface area contributed by atoms with Gasteiger partial charge in [0.05, 0.1) is 0 Å². The molecule has 1 aliphatic rings. The Morgan fingerprint density at radius 1 is 1.56 bits per heavy atom. The first-order chi connectivity index (χ1) is 7.43. The van der Waals surface area contributed by atoms with Crippen LogP contribution in [-0.4, -0.2) is 36.5 Å². The molecule has 4 unspecified atom stereocenters. The van der Waals surface area contributed by atoms with Gasteiger partial charge in [0.1, 0.15) is 12.6 Å². The van der Waals surface area contributed by atoms with Gasteiger partial charge >= 0.3 is 0 Å². The van der Waals surface area contributed by atoms with Crippen LogP contribution in [0, 0.1) is 9.81 Å². The molecule has 1 N–H and O–H groups in total. The van der Waals surface area contributed by atoms with Gasteiger partial charge in [-0.3, -0.25) is 4.79 Å². The largest absolute Gasteiger partial charge is 0.347 e. The number of rotatable bonds is 4. The SMILES string of the molecule is CC(=O)NC1OC(CN=O)C(N=O)C1(C)F. The Kier molecular flexibility index (Phi) is 3.63. The molecule has 7 nitrogen and oxygen atoms in total. The molecule has 90 valence electrons. The van der Waals surface area contributed by atoms with E-state index in [4.69, 9.17) is 4.74 Å². The lowest BCUT2D eigenvalue weighted by atomic mass is 9.96. The summed E-state index contributed by atoms with van der Waals surface area (Å²) < 4.78 is 19.1. The van der Waals surface area contributed by atoms with Crippen molar-refractivity contribution in [1.82, 2.24) is 5.32 Å². The van der Waals surface area contributed by atoms with Crippen LogP contribution in [0.1, 0.15) is 13.8 Å². The molecule has 0 aromatic heterocycles. The molecule has 0 aromatic carbocycles. The van der Waals surface area contributed by atoms with Gasteiger partial charge in [-0.05, 0) is 6.92 Å². The van der Waals surface area contributed by atoms with Crippen LogP contribution in [0.4, 0.5) is 4.39 Å². The maximum Gasteiger partial charge on any atom is 0.218 e.